The minimum atomic E-state index is -1.95. The first kappa shape index (κ1) is 22.1. The largest absolute Gasteiger partial charge is 0.463 e. The summed E-state index contributed by atoms with van der Waals surface area (Å²) in [5.74, 6) is -5.98. The van der Waals surface area contributed by atoms with Crippen molar-refractivity contribution in [1.82, 2.24) is 9.96 Å². The van der Waals surface area contributed by atoms with Crippen LogP contribution in [0.15, 0.2) is 28.2 Å². The number of likely N-dealkylation sites (tertiary alicyclic amines) is 1. The van der Waals surface area contributed by atoms with E-state index in [9.17, 15) is 29.5 Å². The maximum absolute atomic E-state index is 13.4. The minimum Gasteiger partial charge on any atom is -0.463 e. The summed E-state index contributed by atoms with van der Waals surface area (Å²) >= 11 is 17.0. The third kappa shape index (κ3) is 2.47. The number of hydrogen-bond donors (Lipinski definition) is 2. The highest BCUT2D eigenvalue weighted by Gasteiger charge is 2.76. The molecular weight excluding hydrogens is 531 g/mol. The van der Waals surface area contributed by atoms with Crippen LogP contribution in [-0.4, -0.2) is 59.1 Å². The quantitative estimate of drug-likeness (QED) is 0.194. The van der Waals surface area contributed by atoms with Gasteiger partial charge in [-0.25, -0.2) is 0 Å². The van der Waals surface area contributed by atoms with E-state index in [2.05, 4.69) is 15.9 Å². The predicted octanol–water partition coefficient (Wildman–Crippen LogP) is 1.87. The van der Waals surface area contributed by atoms with Gasteiger partial charge in [-0.15, -0.1) is 23.2 Å². The Hall–Kier alpha value is -1.72. The molecule has 0 unspecified atom stereocenters. The Kier molecular flexibility index (Phi) is 4.93. The van der Waals surface area contributed by atoms with Crippen LogP contribution in [0.5, 0.6) is 0 Å². The maximum Gasteiger partial charge on any atom is 0.257 e. The Morgan fingerprint density at radius 2 is 1.84 bits per heavy atom. The van der Waals surface area contributed by atoms with Crippen molar-refractivity contribution in [1.29, 1.82) is 0 Å². The molecule has 2 saturated heterocycles. The molecule has 5 rings (SSSR count). The van der Waals surface area contributed by atoms with Gasteiger partial charge in [0.1, 0.15) is 18.1 Å². The smallest absolute Gasteiger partial charge is 0.257 e. The van der Waals surface area contributed by atoms with Gasteiger partial charge in [0.15, 0.2) is 9.75 Å². The van der Waals surface area contributed by atoms with E-state index in [-0.39, 0.29) is 34.9 Å². The second-order valence-electron chi connectivity index (χ2n) is 8.44. The number of halogens is 3. The van der Waals surface area contributed by atoms with Gasteiger partial charge in [0.05, 0.1) is 23.2 Å². The Morgan fingerprint density at radius 1 is 1.12 bits per heavy atom. The first-order valence-corrected chi connectivity index (χ1v) is 11.8. The van der Waals surface area contributed by atoms with E-state index in [1.165, 1.54) is 6.07 Å². The first-order chi connectivity index (χ1) is 15.1. The van der Waals surface area contributed by atoms with Gasteiger partial charge in [-0.3, -0.25) is 29.3 Å². The van der Waals surface area contributed by atoms with Crippen molar-refractivity contribution in [3.05, 3.63) is 35.3 Å². The van der Waals surface area contributed by atoms with Crippen molar-refractivity contribution in [2.45, 2.75) is 35.1 Å². The topological polar surface area (TPSA) is 128 Å². The highest BCUT2D eigenvalue weighted by molar-refractivity contribution is 9.09. The average molecular weight is 548 g/mol. The number of alkyl halides is 3. The van der Waals surface area contributed by atoms with Gasteiger partial charge in [0.2, 0.25) is 0 Å². The Balaban J connectivity index is 1.73. The van der Waals surface area contributed by atoms with E-state index in [1.54, 1.807) is 12.1 Å². The molecule has 0 radical (unpaired) electrons. The molecule has 0 spiro atoms. The third-order valence-electron chi connectivity index (χ3n) is 7.11. The molecule has 1 aromatic rings. The number of hydroxylamine groups is 2. The number of imide groups is 2. The number of carbonyl (C=O) groups is 4. The van der Waals surface area contributed by atoms with E-state index < -0.39 is 63.7 Å². The SMILES string of the molecule is O=C1[C@H]2[C@H](CC=C3[C@H]2C[C@@]2(Cl)C(=O)N(CBr)C(=O)[C@@]2(Cl)[C@H]3c2ccc(CO)o2)C(=O)N1O. The van der Waals surface area contributed by atoms with Crippen LogP contribution in [0.25, 0.3) is 0 Å². The average Bonchev–Trinajstić information content (AvgIpc) is 3.37. The number of carbonyl (C=O) groups excluding carboxylic acids is 4. The van der Waals surface area contributed by atoms with Crippen LogP contribution in [0, 0.1) is 17.8 Å². The number of furan rings is 1. The number of hydrogen-bond acceptors (Lipinski definition) is 7. The van der Waals surface area contributed by atoms with Gasteiger partial charge in [-0.05, 0) is 30.9 Å². The molecule has 170 valence electrons. The zero-order chi connectivity index (χ0) is 23.2. The van der Waals surface area contributed by atoms with E-state index in [0.29, 0.717) is 5.57 Å². The molecule has 3 fully saturated rings. The maximum atomic E-state index is 13.4. The predicted molar refractivity (Wildman–Crippen MR) is 112 cm³/mol. The van der Waals surface area contributed by atoms with E-state index in [1.807, 2.05) is 0 Å². The van der Waals surface area contributed by atoms with Crippen molar-refractivity contribution in [3.63, 3.8) is 0 Å². The number of amides is 4. The van der Waals surface area contributed by atoms with Crippen LogP contribution in [0.2, 0.25) is 0 Å². The summed E-state index contributed by atoms with van der Waals surface area (Å²) < 4.78 is 5.73. The summed E-state index contributed by atoms with van der Waals surface area (Å²) in [5.41, 5.74) is 0.420. The molecule has 0 aromatic carbocycles. The molecule has 4 amide bonds. The molecule has 2 aliphatic carbocycles. The molecule has 9 nitrogen and oxygen atoms in total. The Bertz CT molecular complexity index is 1110. The second kappa shape index (κ2) is 7.14. The van der Waals surface area contributed by atoms with Gasteiger partial charge < -0.3 is 9.52 Å². The van der Waals surface area contributed by atoms with Gasteiger partial charge >= 0.3 is 0 Å². The van der Waals surface area contributed by atoms with Crippen LogP contribution < -0.4 is 0 Å². The molecule has 1 aromatic heterocycles. The summed E-state index contributed by atoms with van der Waals surface area (Å²) in [7, 11) is 0. The zero-order valence-corrected chi connectivity index (χ0v) is 19.4. The highest BCUT2D eigenvalue weighted by atomic mass is 79.9. The fourth-order valence-corrected chi connectivity index (χ4v) is 7.09. The number of nitrogens with zero attached hydrogens (tertiary/aromatic N) is 2. The molecule has 4 aliphatic rings. The second-order valence-corrected chi connectivity index (χ2v) is 10.2. The summed E-state index contributed by atoms with van der Waals surface area (Å²) in [6, 6.07) is 3.06. The zero-order valence-electron chi connectivity index (χ0n) is 16.3. The molecule has 6 atom stereocenters. The fourth-order valence-electron chi connectivity index (χ4n) is 5.68. The van der Waals surface area contributed by atoms with E-state index in [4.69, 9.17) is 27.6 Å². The summed E-state index contributed by atoms with van der Waals surface area (Å²) in [5, 5.41) is 19.5. The van der Waals surface area contributed by atoms with Gasteiger partial charge in [-0.1, -0.05) is 27.6 Å². The standard InChI is InChI=1S/C20H17BrCl2N2O7/c21-7-24-17(29)19(22)5-11-9(2-3-10-13(11)16(28)25(31)15(10)27)14(20(19,23)18(24)30)12-4-1-8(6-26)32-12/h1-2,4,10-11,13-14,26,31H,3,5-7H2/t10-,11+,13-,14+,19+,20-/m0/s1. The molecule has 0 bridgehead atoms. The Morgan fingerprint density at radius 3 is 2.47 bits per heavy atom. The first-order valence-electron chi connectivity index (χ1n) is 9.88. The van der Waals surface area contributed by atoms with Crippen LogP contribution >= 0.6 is 39.1 Å². The van der Waals surface area contributed by atoms with Crippen molar-refractivity contribution < 1.29 is 33.9 Å². The number of aliphatic hydroxyl groups is 1. The number of rotatable bonds is 3. The van der Waals surface area contributed by atoms with E-state index in [0.717, 1.165) is 4.90 Å². The number of aliphatic hydroxyl groups excluding tert-OH is 1. The minimum absolute atomic E-state index is 0.119. The van der Waals surface area contributed by atoms with Gasteiger partial charge in [0, 0.05) is 0 Å². The van der Waals surface area contributed by atoms with Gasteiger partial charge in [0.25, 0.3) is 23.6 Å². The third-order valence-corrected chi connectivity index (χ3v) is 9.03. The Labute approximate surface area is 200 Å². The normalized spacial score (nSPS) is 38.7. The lowest BCUT2D eigenvalue weighted by Gasteiger charge is -2.49. The van der Waals surface area contributed by atoms with Crippen molar-refractivity contribution >= 4 is 62.8 Å². The molecule has 1 saturated carbocycles. The highest BCUT2D eigenvalue weighted by Crippen LogP contribution is 2.65. The molecule has 32 heavy (non-hydrogen) atoms. The van der Waals surface area contributed by atoms with Crippen molar-refractivity contribution in [2.75, 3.05) is 5.45 Å². The van der Waals surface area contributed by atoms with Crippen LogP contribution in [0.3, 0.4) is 0 Å². The number of fused-ring (bicyclic) bond motifs is 4. The molecule has 2 N–H and O–H groups in total. The molecular formula is C20H17BrCl2N2O7. The lowest BCUT2D eigenvalue weighted by molar-refractivity contribution is -0.173. The van der Waals surface area contributed by atoms with Crippen LogP contribution in [0.4, 0.5) is 0 Å². The lowest BCUT2D eigenvalue weighted by atomic mass is 9.57. The van der Waals surface area contributed by atoms with Crippen LogP contribution in [-0.2, 0) is 25.8 Å². The number of allylic oxidation sites excluding steroid dienone is 2. The van der Waals surface area contributed by atoms with Crippen molar-refractivity contribution in [3.8, 4) is 0 Å². The molecule has 12 heteroatoms. The molecule has 2 aliphatic heterocycles. The summed E-state index contributed by atoms with van der Waals surface area (Å²) in [4.78, 5) is 48.9. The monoisotopic (exact) mass is 546 g/mol. The lowest BCUT2D eigenvalue weighted by Crippen LogP contribution is -2.60. The fraction of sp³-hybridized carbons (Fsp3) is 0.500. The molecule has 3 heterocycles. The summed E-state index contributed by atoms with van der Waals surface area (Å²) in [6.45, 7) is -0.395. The van der Waals surface area contributed by atoms with Gasteiger partial charge in [-0.2, -0.15) is 5.06 Å². The summed E-state index contributed by atoms with van der Waals surface area (Å²) in [6.07, 6.45) is 1.70. The van der Waals surface area contributed by atoms with Crippen molar-refractivity contribution in [2.24, 2.45) is 17.8 Å². The van der Waals surface area contributed by atoms with E-state index >= 15 is 0 Å². The van der Waals surface area contributed by atoms with Crippen LogP contribution in [0.1, 0.15) is 30.3 Å².